The van der Waals surface area contributed by atoms with Gasteiger partial charge < -0.3 is 9.64 Å². The lowest BCUT2D eigenvalue weighted by Gasteiger charge is -2.18. The van der Waals surface area contributed by atoms with Crippen LogP contribution in [0, 0.1) is 17.2 Å². The number of likely N-dealkylation sites (N-methyl/N-ethyl adjacent to an activating group) is 1. The Balaban J connectivity index is 4.21. The van der Waals surface area contributed by atoms with E-state index in [-0.39, 0.29) is 19.1 Å². The predicted octanol–water partition coefficient (Wildman–Crippen LogP) is 0.558. The second kappa shape index (κ2) is 6.82. The summed E-state index contributed by atoms with van der Waals surface area (Å²) in [5.41, 5.74) is 0. The van der Waals surface area contributed by atoms with E-state index in [0.717, 1.165) is 0 Å². The number of rotatable bonds is 5. The van der Waals surface area contributed by atoms with E-state index >= 15 is 0 Å². The highest BCUT2D eigenvalue weighted by Crippen LogP contribution is 2.04. The summed E-state index contributed by atoms with van der Waals surface area (Å²) < 4.78 is 4.69. The SMILES string of the molecule is CCOC(=O)CN(C)C(=O)C(C#N)CC. The molecule has 0 aromatic heterocycles. The van der Waals surface area contributed by atoms with Gasteiger partial charge in [0.1, 0.15) is 12.5 Å². The van der Waals surface area contributed by atoms with Crippen molar-refractivity contribution in [2.45, 2.75) is 20.3 Å². The van der Waals surface area contributed by atoms with Crippen molar-refractivity contribution in [3.8, 4) is 6.07 Å². The Morgan fingerprint density at radius 3 is 2.47 bits per heavy atom. The van der Waals surface area contributed by atoms with Crippen molar-refractivity contribution in [3.63, 3.8) is 0 Å². The molecule has 5 nitrogen and oxygen atoms in total. The van der Waals surface area contributed by atoms with Crippen LogP contribution in [0.5, 0.6) is 0 Å². The van der Waals surface area contributed by atoms with Crippen molar-refractivity contribution < 1.29 is 14.3 Å². The molecule has 5 heteroatoms. The van der Waals surface area contributed by atoms with Gasteiger partial charge in [0.15, 0.2) is 0 Å². The van der Waals surface area contributed by atoms with Crippen LogP contribution in [0.3, 0.4) is 0 Å². The van der Waals surface area contributed by atoms with Gasteiger partial charge >= 0.3 is 5.97 Å². The minimum atomic E-state index is -0.676. The van der Waals surface area contributed by atoms with Crippen LogP contribution in [0.4, 0.5) is 0 Å². The standard InChI is InChI=1S/C10H16N2O3/c1-4-8(6-11)10(14)12(3)7-9(13)15-5-2/h8H,4-5,7H2,1-3H3. The number of carbonyl (C=O) groups is 2. The molecule has 1 unspecified atom stereocenters. The predicted molar refractivity (Wildman–Crippen MR) is 53.7 cm³/mol. The summed E-state index contributed by atoms with van der Waals surface area (Å²) in [4.78, 5) is 23.8. The summed E-state index contributed by atoms with van der Waals surface area (Å²) in [5, 5.41) is 8.67. The van der Waals surface area contributed by atoms with E-state index in [4.69, 9.17) is 10.00 Å². The zero-order chi connectivity index (χ0) is 11.8. The minimum absolute atomic E-state index is 0.106. The molecule has 0 spiro atoms. The van der Waals surface area contributed by atoms with E-state index in [1.165, 1.54) is 11.9 Å². The minimum Gasteiger partial charge on any atom is -0.465 e. The summed E-state index contributed by atoms with van der Waals surface area (Å²) in [6.07, 6.45) is 0.447. The van der Waals surface area contributed by atoms with Crippen molar-refractivity contribution in [1.82, 2.24) is 4.90 Å². The molecular weight excluding hydrogens is 196 g/mol. The van der Waals surface area contributed by atoms with Gasteiger partial charge in [-0.15, -0.1) is 0 Å². The molecule has 0 fully saturated rings. The highest BCUT2D eigenvalue weighted by molar-refractivity contribution is 5.84. The Morgan fingerprint density at radius 1 is 1.47 bits per heavy atom. The topological polar surface area (TPSA) is 70.4 Å². The summed E-state index contributed by atoms with van der Waals surface area (Å²) in [6, 6.07) is 1.89. The molecule has 0 aliphatic heterocycles. The van der Waals surface area contributed by atoms with Gasteiger partial charge in [0.05, 0.1) is 12.7 Å². The van der Waals surface area contributed by atoms with E-state index in [1.807, 2.05) is 6.07 Å². The lowest BCUT2D eigenvalue weighted by molar-refractivity contribution is -0.148. The van der Waals surface area contributed by atoms with Crippen molar-refractivity contribution in [1.29, 1.82) is 5.26 Å². The number of amides is 1. The Morgan fingerprint density at radius 2 is 2.07 bits per heavy atom. The fraction of sp³-hybridized carbons (Fsp3) is 0.700. The second-order valence-corrected chi connectivity index (χ2v) is 3.09. The Labute approximate surface area is 89.6 Å². The molecule has 0 saturated heterocycles. The van der Waals surface area contributed by atoms with Gasteiger partial charge in [0.2, 0.25) is 5.91 Å². The first-order chi connectivity index (χ1) is 7.06. The van der Waals surface area contributed by atoms with Crippen LogP contribution in [0.25, 0.3) is 0 Å². The lowest BCUT2D eigenvalue weighted by atomic mass is 10.1. The van der Waals surface area contributed by atoms with Crippen LogP contribution < -0.4 is 0 Å². The molecule has 84 valence electrons. The van der Waals surface area contributed by atoms with Crippen LogP contribution >= 0.6 is 0 Å². The van der Waals surface area contributed by atoms with Gasteiger partial charge in [0.25, 0.3) is 0 Å². The van der Waals surface area contributed by atoms with Crippen LogP contribution in [0.2, 0.25) is 0 Å². The summed E-state index contributed by atoms with van der Waals surface area (Å²) in [7, 11) is 1.49. The fourth-order valence-electron chi connectivity index (χ4n) is 1.07. The van der Waals surface area contributed by atoms with Gasteiger partial charge in [-0.05, 0) is 13.3 Å². The highest BCUT2D eigenvalue weighted by Gasteiger charge is 2.21. The molecule has 0 rings (SSSR count). The van der Waals surface area contributed by atoms with Gasteiger partial charge in [-0.25, -0.2) is 0 Å². The van der Waals surface area contributed by atoms with Gasteiger partial charge in [0, 0.05) is 7.05 Å². The number of hydrogen-bond acceptors (Lipinski definition) is 4. The third-order valence-electron chi connectivity index (χ3n) is 1.91. The molecule has 0 N–H and O–H groups in total. The number of ether oxygens (including phenoxy) is 1. The smallest absolute Gasteiger partial charge is 0.325 e. The van der Waals surface area contributed by atoms with Crippen LogP contribution in [-0.4, -0.2) is 37.0 Å². The number of hydrogen-bond donors (Lipinski definition) is 0. The average Bonchev–Trinajstić information content (AvgIpc) is 2.19. The first-order valence-corrected chi connectivity index (χ1v) is 4.87. The molecule has 1 atom stereocenters. The van der Waals surface area contributed by atoms with E-state index in [0.29, 0.717) is 6.42 Å². The highest BCUT2D eigenvalue weighted by atomic mass is 16.5. The summed E-state index contributed by atoms with van der Waals surface area (Å²) >= 11 is 0. The molecular formula is C10H16N2O3. The Hall–Kier alpha value is -1.57. The van der Waals surface area contributed by atoms with E-state index < -0.39 is 11.9 Å². The fourth-order valence-corrected chi connectivity index (χ4v) is 1.07. The Kier molecular flexibility index (Phi) is 6.11. The number of carbonyl (C=O) groups excluding carboxylic acids is 2. The molecule has 1 amide bonds. The zero-order valence-electron chi connectivity index (χ0n) is 9.32. The number of nitriles is 1. The van der Waals surface area contributed by atoms with E-state index in [9.17, 15) is 9.59 Å². The number of nitrogens with zero attached hydrogens (tertiary/aromatic N) is 2. The van der Waals surface area contributed by atoms with Crippen molar-refractivity contribution in [3.05, 3.63) is 0 Å². The molecule has 15 heavy (non-hydrogen) atoms. The van der Waals surface area contributed by atoms with Crippen molar-refractivity contribution in [2.75, 3.05) is 20.2 Å². The zero-order valence-corrected chi connectivity index (χ0v) is 9.32. The van der Waals surface area contributed by atoms with Crippen molar-refractivity contribution in [2.24, 2.45) is 5.92 Å². The van der Waals surface area contributed by atoms with Crippen molar-refractivity contribution >= 4 is 11.9 Å². The summed E-state index contributed by atoms with van der Waals surface area (Å²) in [6.45, 7) is 3.63. The van der Waals surface area contributed by atoms with Gasteiger partial charge in [-0.3, -0.25) is 9.59 Å². The first-order valence-electron chi connectivity index (χ1n) is 4.87. The quantitative estimate of drug-likeness (QED) is 0.624. The molecule has 0 saturated carbocycles. The number of esters is 1. The molecule has 0 radical (unpaired) electrons. The largest absolute Gasteiger partial charge is 0.465 e. The monoisotopic (exact) mass is 212 g/mol. The van der Waals surface area contributed by atoms with Crippen LogP contribution in [0.15, 0.2) is 0 Å². The third-order valence-corrected chi connectivity index (χ3v) is 1.91. The molecule has 0 heterocycles. The molecule has 0 aromatic rings. The second-order valence-electron chi connectivity index (χ2n) is 3.09. The van der Waals surface area contributed by atoms with Crippen LogP contribution in [0.1, 0.15) is 20.3 Å². The third kappa shape index (κ3) is 4.45. The molecule has 0 aliphatic carbocycles. The lowest BCUT2D eigenvalue weighted by Crippen LogP contribution is -2.36. The van der Waals surface area contributed by atoms with E-state index in [2.05, 4.69) is 0 Å². The maximum Gasteiger partial charge on any atom is 0.325 e. The maximum atomic E-state index is 11.5. The van der Waals surface area contributed by atoms with Gasteiger partial charge in [-0.1, -0.05) is 6.92 Å². The normalized spacial score (nSPS) is 11.3. The molecule has 0 aliphatic rings. The van der Waals surface area contributed by atoms with E-state index in [1.54, 1.807) is 13.8 Å². The molecule has 0 bridgehead atoms. The molecule has 0 aromatic carbocycles. The first kappa shape index (κ1) is 13.4. The van der Waals surface area contributed by atoms with Crippen LogP contribution in [-0.2, 0) is 14.3 Å². The maximum absolute atomic E-state index is 11.5. The Bertz CT molecular complexity index is 270. The van der Waals surface area contributed by atoms with Gasteiger partial charge in [-0.2, -0.15) is 5.26 Å². The summed E-state index contributed by atoms with van der Waals surface area (Å²) in [5.74, 6) is -1.47. The average molecular weight is 212 g/mol.